The molecular formula is C26H34N4O5S3. The average Bonchev–Trinajstić information content (AvgIpc) is 3.62. The van der Waals surface area contributed by atoms with E-state index < -0.39 is 10.0 Å². The van der Waals surface area contributed by atoms with Crippen LogP contribution < -0.4 is 9.64 Å². The van der Waals surface area contributed by atoms with Crippen molar-refractivity contribution < 1.29 is 22.7 Å². The standard InChI is InChI=1S/C26H34N4O5S3/c1-2-35-21-6-7-22-23(19-21)37-26(27-22)30(11-4-10-28-14-16-34-17-15-28)25(31)20-8-12-29(13-9-20)38(32,33)24-5-3-18-36-24/h3,5-7,18-20H,2,4,8-17H2,1H3. The molecule has 0 radical (unpaired) electrons. The van der Waals surface area contributed by atoms with Gasteiger partial charge in [0.1, 0.15) is 9.96 Å². The third-order valence-electron chi connectivity index (χ3n) is 7.01. The molecule has 0 aliphatic carbocycles. The van der Waals surface area contributed by atoms with E-state index >= 15 is 0 Å². The van der Waals surface area contributed by atoms with Gasteiger partial charge in [-0.1, -0.05) is 17.4 Å². The van der Waals surface area contributed by atoms with Crippen molar-refractivity contribution in [3.05, 3.63) is 35.7 Å². The minimum Gasteiger partial charge on any atom is -0.494 e. The van der Waals surface area contributed by atoms with Crippen LogP contribution in [0.4, 0.5) is 5.13 Å². The SMILES string of the molecule is CCOc1ccc2nc(N(CCCN3CCOCC3)C(=O)C3CCN(S(=O)(=O)c4cccs4)CC3)sc2c1. The summed E-state index contributed by atoms with van der Waals surface area (Å²) in [5, 5.41) is 2.46. The van der Waals surface area contributed by atoms with Gasteiger partial charge in [0.15, 0.2) is 5.13 Å². The minimum absolute atomic E-state index is 0.0317. The highest BCUT2D eigenvalue weighted by molar-refractivity contribution is 7.91. The van der Waals surface area contributed by atoms with Crippen molar-refractivity contribution in [1.82, 2.24) is 14.2 Å². The first-order valence-corrected chi connectivity index (χ1v) is 16.3. The van der Waals surface area contributed by atoms with Gasteiger partial charge in [0, 0.05) is 45.2 Å². The maximum atomic E-state index is 13.9. The second-order valence-corrected chi connectivity index (χ2v) is 13.6. The summed E-state index contributed by atoms with van der Waals surface area (Å²) in [5.41, 5.74) is 0.844. The molecule has 2 aliphatic rings. The Morgan fingerprint density at radius 3 is 2.68 bits per heavy atom. The maximum absolute atomic E-state index is 13.9. The molecule has 5 rings (SSSR count). The molecule has 0 bridgehead atoms. The first kappa shape index (κ1) is 27.5. The lowest BCUT2D eigenvalue weighted by atomic mass is 9.96. The number of thiazole rings is 1. The molecule has 1 aromatic carbocycles. The number of aromatic nitrogens is 1. The summed E-state index contributed by atoms with van der Waals surface area (Å²) in [6.45, 7) is 8.00. The molecule has 206 valence electrons. The van der Waals surface area contributed by atoms with E-state index in [0.717, 1.165) is 55.2 Å². The van der Waals surface area contributed by atoms with Crippen LogP contribution in [0, 0.1) is 5.92 Å². The monoisotopic (exact) mass is 578 g/mol. The highest BCUT2D eigenvalue weighted by Crippen LogP contribution is 2.34. The number of ether oxygens (including phenoxy) is 2. The van der Waals surface area contributed by atoms with Crippen LogP contribution >= 0.6 is 22.7 Å². The van der Waals surface area contributed by atoms with E-state index in [-0.39, 0.29) is 11.8 Å². The van der Waals surface area contributed by atoms with Crippen molar-refractivity contribution >= 4 is 54.0 Å². The molecule has 3 aromatic rings. The number of sulfonamides is 1. The second kappa shape index (κ2) is 12.4. The lowest BCUT2D eigenvalue weighted by Gasteiger charge is -2.33. The number of thiophene rings is 1. The molecule has 1 amide bonds. The smallest absolute Gasteiger partial charge is 0.252 e. The largest absolute Gasteiger partial charge is 0.494 e. The van der Waals surface area contributed by atoms with Gasteiger partial charge in [-0.25, -0.2) is 13.4 Å². The van der Waals surface area contributed by atoms with Gasteiger partial charge in [0.05, 0.1) is 30.0 Å². The number of hydrogen-bond donors (Lipinski definition) is 0. The van der Waals surface area contributed by atoms with Crippen LogP contribution in [0.15, 0.2) is 39.9 Å². The van der Waals surface area contributed by atoms with Crippen LogP contribution in [0.2, 0.25) is 0 Å². The zero-order valence-corrected chi connectivity index (χ0v) is 24.0. The molecule has 2 aromatic heterocycles. The van der Waals surface area contributed by atoms with Crippen molar-refractivity contribution in [2.24, 2.45) is 5.92 Å². The van der Waals surface area contributed by atoms with E-state index in [0.29, 0.717) is 48.4 Å². The van der Waals surface area contributed by atoms with Crippen LogP contribution in [0.3, 0.4) is 0 Å². The number of hydrogen-bond acceptors (Lipinski definition) is 9. The summed E-state index contributed by atoms with van der Waals surface area (Å²) < 4.78 is 39.9. The predicted molar refractivity (Wildman–Crippen MR) is 151 cm³/mol. The summed E-state index contributed by atoms with van der Waals surface area (Å²) in [6.07, 6.45) is 1.84. The Kier molecular flexibility index (Phi) is 8.96. The highest BCUT2D eigenvalue weighted by Gasteiger charge is 2.35. The van der Waals surface area contributed by atoms with Crippen LogP contribution in [-0.2, 0) is 19.6 Å². The number of amides is 1. The Labute approximate surface area is 232 Å². The van der Waals surface area contributed by atoms with Gasteiger partial charge >= 0.3 is 0 Å². The molecule has 4 heterocycles. The number of fused-ring (bicyclic) bond motifs is 1. The van der Waals surface area contributed by atoms with Gasteiger partial charge in [-0.3, -0.25) is 14.6 Å². The summed E-state index contributed by atoms with van der Waals surface area (Å²) >= 11 is 2.73. The number of nitrogens with zero attached hydrogens (tertiary/aromatic N) is 4. The Morgan fingerprint density at radius 1 is 1.18 bits per heavy atom. The van der Waals surface area contributed by atoms with Crippen LogP contribution in [0.5, 0.6) is 5.75 Å². The van der Waals surface area contributed by atoms with Crippen molar-refractivity contribution in [3.63, 3.8) is 0 Å². The number of morpholine rings is 1. The third kappa shape index (κ3) is 6.21. The van der Waals surface area contributed by atoms with E-state index in [1.165, 1.54) is 27.0 Å². The number of carbonyl (C=O) groups excluding carboxylic acids is 1. The zero-order chi connectivity index (χ0) is 26.5. The van der Waals surface area contributed by atoms with E-state index in [4.69, 9.17) is 14.5 Å². The Morgan fingerprint density at radius 2 is 1.97 bits per heavy atom. The fourth-order valence-corrected chi connectivity index (χ4v) is 8.58. The van der Waals surface area contributed by atoms with E-state index in [1.54, 1.807) is 17.5 Å². The summed E-state index contributed by atoms with van der Waals surface area (Å²) in [7, 11) is -3.50. The fraction of sp³-hybridized carbons (Fsp3) is 0.538. The molecule has 38 heavy (non-hydrogen) atoms. The molecular weight excluding hydrogens is 545 g/mol. The van der Waals surface area contributed by atoms with Gasteiger partial charge in [-0.15, -0.1) is 11.3 Å². The van der Waals surface area contributed by atoms with E-state index in [1.807, 2.05) is 30.0 Å². The molecule has 9 nitrogen and oxygen atoms in total. The van der Waals surface area contributed by atoms with Crippen LogP contribution in [0.1, 0.15) is 26.2 Å². The zero-order valence-electron chi connectivity index (χ0n) is 21.6. The van der Waals surface area contributed by atoms with Crippen molar-refractivity contribution in [3.8, 4) is 5.75 Å². The van der Waals surface area contributed by atoms with Gasteiger partial charge in [0.25, 0.3) is 10.0 Å². The number of carbonyl (C=O) groups is 1. The third-order valence-corrected chi connectivity index (χ3v) is 11.3. The van der Waals surface area contributed by atoms with Crippen LogP contribution in [0.25, 0.3) is 10.2 Å². The molecule has 0 unspecified atom stereocenters. The molecule has 0 spiro atoms. The fourth-order valence-electron chi connectivity index (χ4n) is 4.94. The molecule has 0 saturated carbocycles. The Bertz CT molecular complexity index is 1310. The first-order valence-electron chi connectivity index (χ1n) is 13.1. The Hall–Kier alpha value is -2.09. The molecule has 12 heteroatoms. The quantitative estimate of drug-likeness (QED) is 0.360. The summed E-state index contributed by atoms with van der Waals surface area (Å²) in [4.78, 5) is 22.9. The second-order valence-electron chi connectivity index (χ2n) is 9.47. The number of anilines is 1. The predicted octanol–water partition coefficient (Wildman–Crippen LogP) is 3.91. The van der Waals surface area contributed by atoms with Crippen LogP contribution in [-0.4, -0.2) is 87.6 Å². The topological polar surface area (TPSA) is 92.3 Å². The molecule has 0 atom stereocenters. The van der Waals surface area contributed by atoms with E-state index in [9.17, 15) is 13.2 Å². The van der Waals surface area contributed by atoms with Crippen molar-refractivity contribution in [1.29, 1.82) is 0 Å². The Balaban J connectivity index is 1.30. The lowest BCUT2D eigenvalue weighted by Crippen LogP contribution is -2.45. The molecule has 0 N–H and O–H groups in total. The maximum Gasteiger partial charge on any atom is 0.252 e. The van der Waals surface area contributed by atoms with Gasteiger partial charge in [-0.2, -0.15) is 4.31 Å². The first-order chi connectivity index (χ1) is 18.5. The number of benzene rings is 1. The minimum atomic E-state index is -3.50. The molecule has 2 fully saturated rings. The normalized spacial score (nSPS) is 18.1. The lowest BCUT2D eigenvalue weighted by molar-refractivity contribution is -0.123. The summed E-state index contributed by atoms with van der Waals surface area (Å²) in [5.74, 6) is 0.586. The average molecular weight is 579 g/mol. The molecule has 2 aliphatic heterocycles. The van der Waals surface area contributed by atoms with Gasteiger partial charge < -0.3 is 9.47 Å². The van der Waals surface area contributed by atoms with Crippen molar-refractivity contribution in [2.75, 3.05) is 64.0 Å². The highest BCUT2D eigenvalue weighted by atomic mass is 32.2. The van der Waals surface area contributed by atoms with Crippen molar-refractivity contribution in [2.45, 2.75) is 30.4 Å². The van der Waals surface area contributed by atoms with Gasteiger partial charge in [0.2, 0.25) is 5.91 Å². The molecule has 2 saturated heterocycles. The van der Waals surface area contributed by atoms with E-state index in [2.05, 4.69) is 4.90 Å². The number of piperidine rings is 1. The summed E-state index contributed by atoms with van der Waals surface area (Å²) in [6, 6.07) is 9.20. The van der Waals surface area contributed by atoms with Gasteiger partial charge in [-0.05, 0) is 55.8 Å². The number of rotatable bonds is 10.